The van der Waals surface area contributed by atoms with Crippen molar-refractivity contribution in [3.8, 4) is 5.75 Å². The molecule has 4 heteroatoms. The topological polar surface area (TPSA) is 27.7 Å². The molecule has 1 aromatic carbocycles. The average Bonchev–Trinajstić information content (AvgIpc) is 3.17. The lowest BCUT2D eigenvalue weighted by molar-refractivity contribution is 0.00578. The van der Waals surface area contributed by atoms with E-state index in [0.29, 0.717) is 0 Å². The molecule has 0 N–H and O–H groups in total. The van der Waals surface area contributed by atoms with Crippen LogP contribution in [0.15, 0.2) is 18.2 Å². The Labute approximate surface area is 121 Å². The predicted molar refractivity (Wildman–Crippen MR) is 80.3 cm³/mol. The van der Waals surface area contributed by atoms with E-state index in [4.69, 9.17) is 14.0 Å². The molecule has 1 aliphatic carbocycles. The highest BCUT2D eigenvalue weighted by Gasteiger charge is 2.52. The van der Waals surface area contributed by atoms with Crippen LogP contribution in [0.3, 0.4) is 0 Å². The van der Waals surface area contributed by atoms with E-state index in [2.05, 4.69) is 39.8 Å². The summed E-state index contributed by atoms with van der Waals surface area (Å²) in [5.41, 5.74) is 1.62. The molecule has 1 radical (unpaired) electrons. The fraction of sp³-hybridized carbons (Fsp3) is 0.562. The zero-order chi connectivity index (χ0) is 14.5. The molecule has 3 nitrogen and oxygen atoms in total. The first-order valence-corrected chi connectivity index (χ1v) is 7.23. The van der Waals surface area contributed by atoms with Gasteiger partial charge in [0.05, 0.1) is 18.3 Å². The van der Waals surface area contributed by atoms with Crippen LogP contribution in [0, 0.1) is 5.92 Å². The van der Waals surface area contributed by atoms with Crippen LogP contribution in [-0.4, -0.2) is 25.4 Å². The fourth-order valence-electron chi connectivity index (χ4n) is 2.46. The molecule has 1 aliphatic heterocycles. The van der Waals surface area contributed by atoms with Crippen LogP contribution < -0.4 is 10.2 Å². The third-order valence-electron chi connectivity index (χ3n) is 4.65. The number of benzene rings is 1. The highest BCUT2D eigenvalue weighted by Crippen LogP contribution is 2.40. The molecule has 1 saturated heterocycles. The molecule has 1 heterocycles. The molecular formula is C16H22BO3. The Morgan fingerprint density at radius 3 is 2.15 bits per heavy atom. The summed E-state index contributed by atoms with van der Waals surface area (Å²) >= 11 is 0. The monoisotopic (exact) mass is 273 g/mol. The Bertz CT molecular complexity index is 504. The normalized spacial score (nSPS) is 23.9. The molecule has 0 amide bonds. The lowest BCUT2D eigenvalue weighted by atomic mass is 9.77. The largest absolute Gasteiger partial charge is 0.498 e. The van der Waals surface area contributed by atoms with Crippen molar-refractivity contribution in [2.24, 2.45) is 0 Å². The molecule has 20 heavy (non-hydrogen) atoms. The van der Waals surface area contributed by atoms with Gasteiger partial charge in [-0.2, -0.15) is 0 Å². The smallest absolute Gasteiger partial charge is 0.497 e. The van der Waals surface area contributed by atoms with E-state index in [1.807, 2.05) is 6.07 Å². The van der Waals surface area contributed by atoms with Crippen LogP contribution in [0.5, 0.6) is 5.75 Å². The summed E-state index contributed by atoms with van der Waals surface area (Å²) in [6.45, 7) is 8.27. The fourth-order valence-corrected chi connectivity index (χ4v) is 2.46. The second kappa shape index (κ2) is 4.50. The van der Waals surface area contributed by atoms with Gasteiger partial charge in [-0.15, -0.1) is 0 Å². The van der Waals surface area contributed by atoms with Gasteiger partial charge in [0, 0.05) is 11.4 Å². The van der Waals surface area contributed by atoms with Gasteiger partial charge in [0.1, 0.15) is 5.75 Å². The van der Waals surface area contributed by atoms with E-state index in [9.17, 15) is 0 Å². The Kier molecular flexibility index (Phi) is 3.14. The predicted octanol–water partition coefficient (Wildman–Crippen LogP) is 2.71. The van der Waals surface area contributed by atoms with Crippen LogP contribution in [0.2, 0.25) is 0 Å². The average molecular weight is 273 g/mol. The molecule has 1 saturated carbocycles. The van der Waals surface area contributed by atoms with Gasteiger partial charge in [-0.3, -0.25) is 0 Å². The van der Waals surface area contributed by atoms with Crippen molar-refractivity contribution in [1.82, 2.24) is 0 Å². The number of hydrogen-bond acceptors (Lipinski definition) is 3. The maximum Gasteiger partial charge on any atom is 0.498 e. The highest BCUT2D eigenvalue weighted by molar-refractivity contribution is 6.63. The second-order valence-corrected chi connectivity index (χ2v) is 6.65. The second-order valence-electron chi connectivity index (χ2n) is 6.65. The summed E-state index contributed by atoms with van der Waals surface area (Å²) < 4.78 is 17.8. The Morgan fingerprint density at radius 1 is 1.05 bits per heavy atom. The minimum atomic E-state index is -0.366. The van der Waals surface area contributed by atoms with E-state index in [1.54, 1.807) is 7.11 Å². The first-order valence-electron chi connectivity index (χ1n) is 7.23. The van der Waals surface area contributed by atoms with Gasteiger partial charge in [0.25, 0.3) is 0 Å². The van der Waals surface area contributed by atoms with Crippen molar-refractivity contribution < 1.29 is 14.0 Å². The van der Waals surface area contributed by atoms with Crippen LogP contribution in [0.4, 0.5) is 0 Å². The van der Waals surface area contributed by atoms with Crippen molar-refractivity contribution >= 4 is 12.6 Å². The maximum absolute atomic E-state index is 6.14. The quantitative estimate of drug-likeness (QED) is 0.792. The third-order valence-corrected chi connectivity index (χ3v) is 4.65. The molecule has 3 rings (SSSR count). The molecule has 107 valence electrons. The van der Waals surface area contributed by atoms with E-state index in [0.717, 1.165) is 11.2 Å². The van der Waals surface area contributed by atoms with Crippen LogP contribution in [-0.2, 0) is 9.31 Å². The molecular weight excluding hydrogens is 251 g/mol. The molecule has 0 aromatic heterocycles. The van der Waals surface area contributed by atoms with Crippen LogP contribution in [0.1, 0.15) is 46.1 Å². The van der Waals surface area contributed by atoms with Crippen LogP contribution in [0.25, 0.3) is 0 Å². The molecule has 0 spiro atoms. The summed E-state index contributed by atoms with van der Waals surface area (Å²) in [6, 6.07) is 6.29. The van der Waals surface area contributed by atoms with E-state index in [1.165, 1.54) is 24.3 Å². The van der Waals surface area contributed by atoms with Gasteiger partial charge in [0.2, 0.25) is 0 Å². The molecule has 0 atom stereocenters. The standard InChI is InChI=1S/C16H22BO3/c1-15(2)16(3,4)20-17(19-15)13-10-12(11-6-7-11)8-9-14(13)18-5/h8-10H,6-7H2,1-5H3. The van der Waals surface area contributed by atoms with E-state index < -0.39 is 0 Å². The van der Waals surface area contributed by atoms with Gasteiger partial charge in [-0.1, -0.05) is 12.1 Å². The van der Waals surface area contributed by atoms with Gasteiger partial charge < -0.3 is 14.0 Å². The Morgan fingerprint density at radius 2 is 1.65 bits per heavy atom. The molecule has 0 bridgehead atoms. The number of ether oxygens (including phenoxy) is 1. The van der Waals surface area contributed by atoms with Crippen molar-refractivity contribution in [2.45, 2.75) is 51.7 Å². The van der Waals surface area contributed by atoms with E-state index >= 15 is 0 Å². The molecule has 0 unspecified atom stereocenters. The Balaban J connectivity index is 1.95. The third kappa shape index (κ3) is 2.25. The van der Waals surface area contributed by atoms with Gasteiger partial charge in [-0.05, 0) is 52.2 Å². The molecule has 2 fully saturated rings. The van der Waals surface area contributed by atoms with Crippen molar-refractivity contribution in [2.75, 3.05) is 7.11 Å². The lowest BCUT2D eigenvalue weighted by Crippen LogP contribution is -2.41. The summed E-state index contributed by atoms with van der Waals surface area (Å²) in [6.07, 6.45) is 2.41. The van der Waals surface area contributed by atoms with Crippen molar-refractivity contribution in [3.05, 3.63) is 29.7 Å². The number of hydrogen-bond donors (Lipinski definition) is 0. The SMILES string of the molecule is COc1ccc([C]2CC2)cc1B1OC(C)(C)C(C)(C)O1. The van der Waals surface area contributed by atoms with Crippen LogP contribution >= 0.6 is 0 Å². The first kappa shape index (κ1) is 14.0. The van der Waals surface area contributed by atoms with Gasteiger partial charge in [0.15, 0.2) is 0 Å². The lowest BCUT2D eigenvalue weighted by Gasteiger charge is -2.32. The minimum absolute atomic E-state index is 0.328. The zero-order valence-electron chi connectivity index (χ0n) is 12.9. The van der Waals surface area contributed by atoms with Crippen molar-refractivity contribution in [3.63, 3.8) is 0 Å². The summed E-state index contributed by atoms with van der Waals surface area (Å²) in [4.78, 5) is 0. The van der Waals surface area contributed by atoms with Crippen molar-refractivity contribution in [1.29, 1.82) is 0 Å². The molecule has 1 aromatic rings. The summed E-state index contributed by atoms with van der Waals surface area (Å²) in [7, 11) is 1.32. The first-order chi connectivity index (χ1) is 9.34. The maximum atomic E-state index is 6.14. The zero-order valence-corrected chi connectivity index (χ0v) is 12.9. The summed E-state index contributed by atoms with van der Waals surface area (Å²) in [5, 5.41) is 0. The molecule has 2 aliphatic rings. The number of methoxy groups -OCH3 is 1. The number of rotatable bonds is 3. The van der Waals surface area contributed by atoms with E-state index in [-0.39, 0.29) is 18.3 Å². The Hall–Kier alpha value is -0.995. The minimum Gasteiger partial charge on any atom is -0.497 e. The van der Waals surface area contributed by atoms with Gasteiger partial charge >= 0.3 is 7.12 Å². The van der Waals surface area contributed by atoms with Gasteiger partial charge in [-0.25, -0.2) is 0 Å². The summed E-state index contributed by atoms with van der Waals surface area (Å²) in [5.74, 6) is 2.33. The highest BCUT2D eigenvalue weighted by atomic mass is 16.7.